The molecule has 198 valence electrons. The van der Waals surface area contributed by atoms with Gasteiger partial charge in [-0.25, -0.2) is 9.97 Å². The molecular formula is C28H37ClN6O2. The lowest BCUT2D eigenvalue weighted by molar-refractivity contribution is 0.0455. The zero-order chi connectivity index (χ0) is 25.7. The maximum atomic E-state index is 9.74. The smallest absolute Gasteiger partial charge is 0.126 e. The van der Waals surface area contributed by atoms with Crippen LogP contribution in [-0.4, -0.2) is 73.0 Å². The van der Waals surface area contributed by atoms with Gasteiger partial charge in [0.2, 0.25) is 0 Å². The van der Waals surface area contributed by atoms with Crippen LogP contribution in [-0.2, 0) is 9.47 Å². The van der Waals surface area contributed by atoms with E-state index in [0.717, 1.165) is 68.1 Å². The summed E-state index contributed by atoms with van der Waals surface area (Å²) in [5.41, 5.74) is 1.21. The highest BCUT2D eigenvalue weighted by atomic mass is 35.5. The molecule has 2 saturated heterocycles. The zero-order valence-corrected chi connectivity index (χ0v) is 22.3. The van der Waals surface area contributed by atoms with Crippen molar-refractivity contribution >= 4 is 23.2 Å². The molecule has 1 aliphatic carbocycles. The summed E-state index contributed by atoms with van der Waals surface area (Å²) in [6.45, 7) is 4.01. The maximum Gasteiger partial charge on any atom is 0.126 e. The standard InChI is InChI=1S/C28H37ClN6O2/c1-36-22-9-12-35(17-22)21-7-5-20(6-8-21)33-27-15-23(24(29)16-31-27)25-3-2-4-26(34-25)32-19-28(18-30)10-13-37-14-11-28/h2-4,15-16,20-22H,5-14,17,19H2,1H3,(H,31,33)(H,32,34)/t20-,21+,22-/m0/s1. The average Bonchev–Trinajstić information content (AvgIpc) is 3.44. The SMILES string of the molecule is CO[C@H]1CCN([C@H]2CC[C@@H](Nc3cc(-c4cccc(NCC5(C#N)CCOCC5)n4)c(Cl)cn3)CC2)C1. The van der Waals surface area contributed by atoms with Gasteiger partial charge in [0.15, 0.2) is 0 Å². The number of rotatable bonds is 8. The lowest BCUT2D eigenvalue weighted by Gasteiger charge is -2.35. The van der Waals surface area contributed by atoms with Crippen LogP contribution in [0.15, 0.2) is 30.5 Å². The Bertz CT molecular complexity index is 1090. The summed E-state index contributed by atoms with van der Waals surface area (Å²) in [6, 6.07) is 11.4. The summed E-state index contributed by atoms with van der Waals surface area (Å²) in [4.78, 5) is 12.0. The Kier molecular flexibility index (Phi) is 8.46. The number of anilines is 2. The van der Waals surface area contributed by atoms with Crippen molar-refractivity contribution < 1.29 is 9.47 Å². The predicted molar refractivity (Wildman–Crippen MR) is 146 cm³/mol. The minimum atomic E-state index is -0.416. The van der Waals surface area contributed by atoms with E-state index >= 15 is 0 Å². The Morgan fingerprint density at radius 2 is 2.00 bits per heavy atom. The lowest BCUT2D eigenvalue weighted by atomic mass is 9.82. The first-order chi connectivity index (χ1) is 18.1. The number of hydrogen-bond donors (Lipinski definition) is 2. The van der Waals surface area contributed by atoms with E-state index in [4.69, 9.17) is 26.1 Å². The molecule has 2 N–H and O–H groups in total. The van der Waals surface area contributed by atoms with E-state index in [0.29, 0.717) is 43.0 Å². The van der Waals surface area contributed by atoms with E-state index in [9.17, 15) is 5.26 Å². The summed E-state index contributed by atoms with van der Waals surface area (Å²) in [6.07, 6.45) is 9.34. The molecule has 9 heteroatoms. The van der Waals surface area contributed by atoms with Crippen molar-refractivity contribution in [1.82, 2.24) is 14.9 Å². The molecule has 0 amide bonds. The number of methoxy groups -OCH3 is 1. The molecule has 1 saturated carbocycles. The van der Waals surface area contributed by atoms with E-state index in [1.165, 1.54) is 12.8 Å². The van der Waals surface area contributed by atoms with Crippen molar-refractivity contribution in [1.29, 1.82) is 5.26 Å². The summed E-state index contributed by atoms with van der Waals surface area (Å²) >= 11 is 6.56. The Hall–Kier alpha value is -2.44. The number of nitrogens with one attached hydrogen (secondary N) is 2. The van der Waals surface area contributed by atoms with Crippen LogP contribution >= 0.6 is 11.6 Å². The van der Waals surface area contributed by atoms with Gasteiger partial charge in [-0.3, -0.25) is 4.90 Å². The molecular weight excluding hydrogens is 488 g/mol. The fourth-order valence-electron chi connectivity index (χ4n) is 5.82. The molecule has 0 unspecified atom stereocenters. The second-order valence-electron chi connectivity index (χ2n) is 10.6. The summed E-state index contributed by atoms with van der Waals surface area (Å²) in [7, 11) is 1.82. The van der Waals surface area contributed by atoms with E-state index in [2.05, 4.69) is 26.6 Å². The molecule has 2 aliphatic heterocycles. The second kappa shape index (κ2) is 12.0. The minimum Gasteiger partial charge on any atom is -0.381 e. The summed E-state index contributed by atoms with van der Waals surface area (Å²) in [5.74, 6) is 1.56. The van der Waals surface area contributed by atoms with Crippen molar-refractivity contribution in [2.45, 2.75) is 63.1 Å². The highest BCUT2D eigenvalue weighted by molar-refractivity contribution is 6.33. The molecule has 0 bridgehead atoms. The molecule has 3 aliphatic rings. The normalized spacial score (nSPS) is 25.9. The molecule has 0 radical (unpaired) electrons. The van der Waals surface area contributed by atoms with Gasteiger partial charge in [-0.1, -0.05) is 17.7 Å². The van der Waals surface area contributed by atoms with Crippen LogP contribution in [0.1, 0.15) is 44.9 Å². The van der Waals surface area contributed by atoms with Gasteiger partial charge in [-0.05, 0) is 63.1 Å². The second-order valence-corrected chi connectivity index (χ2v) is 11.0. The van der Waals surface area contributed by atoms with E-state index < -0.39 is 5.41 Å². The molecule has 2 aromatic heterocycles. The topological polar surface area (TPSA) is 95.3 Å². The van der Waals surface area contributed by atoms with Crippen molar-refractivity contribution in [3.8, 4) is 17.3 Å². The lowest BCUT2D eigenvalue weighted by Crippen LogP contribution is -2.39. The fourth-order valence-corrected chi connectivity index (χ4v) is 6.02. The Morgan fingerprint density at radius 3 is 2.73 bits per heavy atom. The molecule has 8 nitrogen and oxygen atoms in total. The van der Waals surface area contributed by atoms with E-state index in [1.807, 2.05) is 31.4 Å². The fraction of sp³-hybridized carbons (Fsp3) is 0.607. The molecule has 2 aromatic rings. The molecule has 0 spiro atoms. The third-order valence-corrected chi connectivity index (χ3v) is 8.55. The first-order valence-corrected chi connectivity index (χ1v) is 13.8. The monoisotopic (exact) mass is 524 g/mol. The van der Waals surface area contributed by atoms with Crippen molar-refractivity contribution in [2.24, 2.45) is 5.41 Å². The first-order valence-electron chi connectivity index (χ1n) is 13.5. The van der Waals surface area contributed by atoms with Gasteiger partial charge in [0, 0.05) is 63.8 Å². The number of aromatic nitrogens is 2. The van der Waals surface area contributed by atoms with E-state index in [-0.39, 0.29) is 0 Å². The third-order valence-electron chi connectivity index (χ3n) is 8.25. The molecule has 1 atom stereocenters. The molecule has 4 heterocycles. The van der Waals surface area contributed by atoms with Crippen LogP contribution in [0, 0.1) is 16.7 Å². The molecule has 3 fully saturated rings. The average molecular weight is 525 g/mol. The van der Waals surface area contributed by atoms with Crippen LogP contribution in [0.4, 0.5) is 11.6 Å². The maximum absolute atomic E-state index is 9.74. The summed E-state index contributed by atoms with van der Waals surface area (Å²) < 4.78 is 11.0. The van der Waals surface area contributed by atoms with Crippen LogP contribution in [0.3, 0.4) is 0 Å². The van der Waals surface area contributed by atoms with Gasteiger partial charge in [-0.15, -0.1) is 0 Å². The van der Waals surface area contributed by atoms with Crippen molar-refractivity contribution in [3.63, 3.8) is 0 Å². The van der Waals surface area contributed by atoms with Crippen LogP contribution in [0.25, 0.3) is 11.3 Å². The molecule has 37 heavy (non-hydrogen) atoms. The van der Waals surface area contributed by atoms with Crippen molar-refractivity contribution in [2.75, 3.05) is 50.6 Å². The number of likely N-dealkylation sites (tertiary alicyclic amines) is 1. The quantitative estimate of drug-likeness (QED) is 0.499. The van der Waals surface area contributed by atoms with Gasteiger partial charge in [-0.2, -0.15) is 5.26 Å². The van der Waals surface area contributed by atoms with Gasteiger partial charge >= 0.3 is 0 Å². The Balaban J connectivity index is 1.20. The highest BCUT2D eigenvalue weighted by Crippen LogP contribution is 2.33. The number of nitriles is 1. The van der Waals surface area contributed by atoms with Gasteiger partial charge in [0.25, 0.3) is 0 Å². The number of pyridine rings is 2. The van der Waals surface area contributed by atoms with Crippen LogP contribution in [0.2, 0.25) is 5.02 Å². The number of hydrogen-bond acceptors (Lipinski definition) is 8. The Labute approximate surface area is 224 Å². The summed E-state index contributed by atoms with van der Waals surface area (Å²) in [5, 5.41) is 17.3. The number of nitrogens with zero attached hydrogens (tertiary/aromatic N) is 4. The van der Waals surface area contributed by atoms with Gasteiger partial charge in [0.05, 0.1) is 28.3 Å². The number of halogens is 1. The Morgan fingerprint density at radius 1 is 1.19 bits per heavy atom. The van der Waals surface area contributed by atoms with Crippen LogP contribution in [0.5, 0.6) is 0 Å². The number of ether oxygens (including phenoxy) is 2. The largest absolute Gasteiger partial charge is 0.381 e. The predicted octanol–water partition coefficient (Wildman–Crippen LogP) is 4.97. The van der Waals surface area contributed by atoms with Gasteiger partial charge in [0.1, 0.15) is 11.6 Å². The van der Waals surface area contributed by atoms with Crippen molar-refractivity contribution in [3.05, 3.63) is 35.5 Å². The van der Waals surface area contributed by atoms with E-state index in [1.54, 1.807) is 6.20 Å². The first kappa shape index (κ1) is 26.2. The third kappa shape index (κ3) is 6.35. The molecule has 5 rings (SSSR count). The zero-order valence-electron chi connectivity index (χ0n) is 21.6. The minimum absolute atomic E-state index is 0.393. The van der Waals surface area contributed by atoms with Crippen LogP contribution < -0.4 is 10.6 Å². The van der Waals surface area contributed by atoms with Gasteiger partial charge < -0.3 is 20.1 Å². The molecule has 0 aromatic carbocycles. The highest BCUT2D eigenvalue weighted by Gasteiger charge is 2.33.